The van der Waals surface area contributed by atoms with Gasteiger partial charge in [0.1, 0.15) is 0 Å². The fourth-order valence-corrected chi connectivity index (χ4v) is 3.47. The predicted octanol–water partition coefficient (Wildman–Crippen LogP) is 2.19. The Morgan fingerprint density at radius 2 is 2.14 bits per heavy atom. The summed E-state index contributed by atoms with van der Waals surface area (Å²) >= 11 is 0. The van der Waals surface area contributed by atoms with Crippen molar-refractivity contribution in [3.63, 3.8) is 0 Å². The van der Waals surface area contributed by atoms with Gasteiger partial charge in [-0.1, -0.05) is 18.2 Å². The number of aromatic nitrogens is 1. The van der Waals surface area contributed by atoms with Gasteiger partial charge in [-0.05, 0) is 36.9 Å². The summed E-state index contributed by atoms with van der Waals surface area (Å²) in [6.07, 6.45) is 3.35. The molecule has 0 aliphatic carbocycles. The Balaban J connectivity index is 1.79. The number of benzene rings is 1. The van der Waals surface area contributed by atoms with E-state index < -0.39 is 0 Å². The molecule has 118 valence electrons. The number of nitrogens with zero attached hydrogens (tertiary/aromatic N) is 2. The van der Waals surface area contributed by atoms with Gasteiger partial charge >= 0.3 is 0 Å². The fraction of sp³-hybridized carbons (Fsp3) is 0.500. The van der Waals surface area contributed by atoms with E-state index in [0.29, 0.717) is 6.04 Å². The molecule has 0 amide bonds. The number of ether oxygens (including phenoxy) is 1. The van der Waals surface area contributed by atoms with Gasteiger partial charge in [0.15, 0.2) is 0 Å². The van der Waals surface area contributed by atoms with Crippen LogP contribution in [0.15, 0.2) is 35.1 Å². The smallest absolute Gasteiger partial charge is 0.258 e. The van der Waals surface area contributed by atoms with Crippen molar-refractivity contribution >= 4 is 10.8 Å². The Hall–Kier alpha value is -1.65. The number of hydrogen-bond donors (Lipinski definition) is 0. The van der Waals surface area contributed by atoms with Crippen LogP contribution in [0, 0.1) is 0 Å². The van der Waals surface area contributed by atoms with Gasteiger partial charge in [0, 0.05) is 44.2 Å². The molecule has 0 bridgehead atoms. The molecule has 1 atom stereocenters. The highest BCUT2D eigenvalue weighted by molar-refractivity contribution is 5.81. The molecule has 4 nitrogen and oxygen atoms in total. The Kier molecular flexibility index (Phi) is 4.60. The molecular weight excluding hydrogens is 276 g/mol. The van der Waals surface area contributed by atoms with Crippen molar-refractivity contribution in [3.05, 3.63) is 46.4 Å². The number of pyridine rings is 1. The highest BCUT2D eigenvalue weighted by Crippen LogP contribution is 2.18. The summed E-state index contributed by atoms with van der Waals surface area (Å²) in [5, 5.41) is 1.84. The first kappa shape index (κ1) is 15.3. The Labute approximate surface area is 131 Å². The maximum Gasteiger partial charge on any atom is 0.258 e. The number of likely N-dealkylation sites (tertiary alicyclic amines) is 1. The Morgan fingerprint density at radius 1 is 1.32 bits per heavy atom. The number of fused-ring (bicyclic) bond motifs is 1. The van der Waals surface area contributed by atoms with E-state index in [0.717, 1.165) is 42.6 Å². The van der Waals surface area contributed by atoms with E-state index in [9.17, 15) is 4.79 Å². The van der Waals surface area contributed by atoms with E-state index in [1.54, 1.807) is 11.7 Å². The summed E-state index contributed by atoms with van der Waals surface area (Å²) in [6, 6.07) is 10.5. The van der Waals surface area contributed by atoms with Crippen LogP contribution in [0.4, 0.5) is 0 Å². The van der Waals surface area contributed by atoms with E-state index in [-0.39, 0.29) is 5.56 Å². The number of hydrogen-bond acceptors (Lipinski definition) is 3. The topological polar surface area (TPSA) is 34.5 Å². The molecule has 1 aromatic heterocycles. The first-order chi connectivity index (χ1) is 10.7. The molecule has 1 aromatic carbocycles. The molecular formula is C18H24N2O2. The summed E-state index contributed by atoms with van der Waals surface area (Å²) in [7, 11) is 3.64. The quantitative estimate of drug-likeness (QED) is 0.849. The third-order valence-electron chi connectivity index (χ3n) is 4.76. The maximum atomic E-state index is 12.4. The highest BCUT2D eigenvalue weighted by atomic mass is 16.5. The third kappa shape index (κ3) is 2.94. The minimum Gasteiger partial charge on any atom is -0.383 e. The molecule has 1 aliphatic rings. The molecule has 0 radical (unpaired) electrons. The lowest BCUT2D eigenvalue weighted by Gasteiger charge is -2.24. The first-order valence-corrected chi connectivity index (χ1v) is 8.01. The van der Waals surface area contributed by atoms with Crippen LogP contribution in [0.2, 0.25) is 0 Å². The van der Waals surface area contributed by atoms with Crippen LogP contribution in [-0.2, 0) is 18.2 Å². The Morgan fingerprint density at radius 3 is 2.95 bits per heavy atom. The molecule has 2 aromatic rings. The molecule has 1 saturated heterocycles. The monoisotopic (exact) mass is 300 g/mol. The van der Waals surface area contributed by atoms with Crippen molar-refractivity contribution in [2.75, 3.05) is 26.8 Å². The SMILES string of the molecule is COC[C@H]1CCCN1CCc1cc2ccccc2c(=O)n1C. The van der Waals surface area contributed by atoms with Crippen molar-refractivity contribution in [2.45, 2.75) is 25.3 Å². The zero-order chi connectivity index (χ0) is 15.5. The molecule has 1 aliphatic heterocycles. The lowest BCUT2D eigenvalue weighted by molar-refractivity contribution is 0.116. The van der Waals surface area contributed by atoms with Crippen molar-refractivity contribution in [3.8, 4) is 0 Å². The third-order valence-corrected chi connectivity index (χ3v) is 4.76. The lowest BCUT2D eigenvalue weighted by atomic mass is 10.1. The van der Waals surface area contributed by atoms with Crippen LogP contribution in [0.3, 0.4) is 0 Å². The summed E-state index contributed by atoms with van der Waals surface area (Å²) < 4.78 is 7.11. The molecule has 1 fully saturated rings. The van der Waals surface area contributed by atoms with Gasteiger partial charge in [-0.3, -0.25) is 9.69 Å². The standard InChI is InChI=1S/C18H24N2O2/c1-19-15(9-11-20-10-5-7-16(20)13-22-2)12-14-6-3-4-8-17(14)18(19)21/h3-4,6,8,12,16H,5,7,9-11,13H2,1-2H3/t16-/m1/s1. The molecule has 0 unspecified atom stereocenters. The highest BCUT2D eigenvalue weighted by Gasteiger charge is 2.24. The van der Waals surface area contributed by atoms with Gasteiger partial charge in [0.05, 0.1) is 6.61 Å². The van der Waals surface area contributed by atoms with E-state index in [2.05, 4.69) is 11.0 Å². The van der Waals surface area contributed by atoms with Crippen molar-refractivity contribution in [1.29, 1.82) is 0 Å². The van der Waals surface area contributed by atoms with Crippen molar-refractivity contribution < 1.29 is 4.74 Å². The zero-order valence-electron chi connectivity index (χ0n) is 13.4. The van der Waals surface area contributed by atoms with E-state index >= 15 is 0 Å². The Bertz CT molecular complexity index is 708. The number of methoxy groups -OCH3 is 1. The van der Waals surface area contributed by atoms with E-state index in [4.69, 9.17) is 4.74 Å². The normalized spacial score (nSPS) is 19.1. The maximum absolute atomic E-state index is 12.4. The fourth-order valence-electron chi connectivity index (χ4n) is 3.47. The second-order valence-electron chi connectivity index (χ2n) is 6.12. The number of rotatable bonds is 5. The molecule has 0 saturated carbocycles. The van der Waals surface area contributed by atoms with Crippen LogP contribution < -0.4 is 5.56 Å². The van der Waals surface area contributed by atoms with Gasteiger partial charge in [0.25, 0.3) is 5.56 Å². The summed E-state index contributed by atoms with van der Waals surface area (Å²) in [5.41, 5.74) is 1.20. The second-order valence-corrected chi connectivity index (χ2v) is 6.12. The van der Waals surface area contributed by atoms with E-state index in [1.165, 1.54) is 12.8 Å². The van der Waals surface area contributed by atoms with Crippen molar-refractivity contribution in [1.82, 2.24) is 9.47 Å². The van der Waals surface area contributed by atoms with Gasteiger partial charge in [0.2, 0.25) is 0 Å². The summed E-state index contributed by atoms with van der Waals surface area (Å²) in [6.45, 7) is 2.92. The molecule has 0 spiro atoms. The summed E-state index contributed by atoms with van der Waals surface area (Å²) in [5.74, 6) is 0. The minimum atomic E-state index is 0.1000. The molecule has 2 heterocycles. The van der Waals surface area contributed by atoms with Crippen LogP contribution >= 0.6 is 0 Å². The lowest BCUT2D eigenvalue weighted by Crippen LogP contribution is -2.35. The molecule has 3 rings (SSSR count). The molecule has 4 heteroatoms. The molecule has 22 heavy (non-hydrogen) atoms. The van der Waals surface area contributed by atoms with Gasteiger partial charge < -0.3 is 9.30 Å². The zero-order valence-corrected chi connectivity index (χ0v) is 13.4. The average molecular weight is 300 g/mol. The minimum absolute atomic E-state index is 0.1000. The second kappa shape index (κ2) is 6.63. The predicted molar refractivity (Wildman–Crippen MR) is 89.4 cm³/mol. The summed E-state index contributed by atoms with van der Waals surface area (Å²) in [4.78, 5) is 14.9. The van der Waals surface area contributed by atoms with Crippen molar-refractivity contribution in [2.24, 2.45) is 7.05 Å². The van der Waals surface area contributed by atoms with Crippen LogP contribution in [0.25, 0.3) is 10.8 Å². The van der Waals surface area contributed by atoms with Gasteiger partial charge in [-0.25, -0.2) is 0 Å². The van der Waals surface area contributed by atoms with Gasteiger partial charge in [-0.2, -0.15) is 0 Å². The van der Waals surface area contributed by atoms with Crippen LogP contribution in [-0.4, -0.2) is 42.3 Å². The van der Waals surface area contributed by atoms with Crippen LogP contribution in [0.5, 0.6) is 0 Å². The van der Waals surface area contributed by atoms with Gasteiger partial charge in [-0.15, -0.1) is 0 Å². The van der Waals surface area contributed by atoms with Crippen LogP contribution in [0.1, 0.15) is 18.5 Å². The average Bonchev–Trinajstić information content (AvgIpc) is 2.97. The molecule has 0 N–H and O–H groups in total. The largest absolute Gasteiger partial charge is 0.383 e. The van der Waals surface area contributed by atoms with E-state index in [1.807, 2.05) is 31.3 Å². The first-order valence-electron chi connectivity index (χ1n) is 8.01.